The molecule has 0 bridgehead atoms. The normalized spacial score (nSPS) is 14.0. The molecule has 1 heterocycles. The first kappa shape index (κ1) is 16.7. The average Bonchev–Trinajstić information content (AvgIpc) is 2.57. The molecule has 6 nitrogen and oxygen atoms in total. The third kappa shape index (κ3) is 4.24. The van der Waals surface area contributed by atoms with Crippen molar-refractivity contribution in [3.8, 4) is 5.75 Å². The fraction of sp³-hybridized carbons (Fsp3) is 0.0556. The highest BCUT2D eigenvalue weighted by molar-refractivity contribution is 6.31. The summed E-state index contributed by atoms with van der Waals surface area (Å²) in [6.45, 7) is 0.369. The van der Waals surface area contributed by atoms with Gasteiger partial charge in [0.05, 0.1) is 0 Å². The highest BCUT2D eigenvalue weighted by Crippen LogP contribution is 2.18. The lowest BCUT2D eigenvalue weighted by atomic mass is 10.1. The van der Waals surface area contributed by atoms with Crippen LogP contribution >= 0.6 is 11.6 Å². The highest BCUT2D eigenvalue weighted by Gasteiger charge is 2.27. The topological polar surface area (TPSA) is 84.5 Å². The zero-order valence-corrected chi connectivity index (χ0v) is 13.7. The molecule has 1 aliphatic heterocycles. The quantitative estimate of drug-likeness (QED) is 0.651. The first-order valence-corrected chi connectivity index (χ1v) is 7.75. The molecule has 2 N–H and O–H groups in total. The number of benzene rings is 2. The summed E-state index contributed by atoms with van der Waals surface area (Å²) in [6, 6.07) is 13.4. The molecule has 0 aliphatic carbocycles. The van der Waals surface area contributed by atoms with Gasteiger partial charge in [-0.05, 0) is 41.5 Å². The summed E-state index contributed by atoms with van der Waals surface area (Å²) in [7, 11) is 0. The zero-order chi connectivity index (χ0) is 17.8. The van der Waals surface area contributed by atoms with E-state index in [0.29, 0.717) is 22.9 Å². The second-order valence-electron chi connectivity index (χ2n) is 5.28. The van der Waals surface area contributed by atoms with Crippen molar-refractivity contribution < 1.29 is 19.1 Å². The Morgan fingerprint density at radius 2 is 1.64 bits per heavy atom. The van der Waals surface area contributed by atoms with Crippen molar-refractivity contribution in [3.63, 3.8) is 0 Å². The van der Waals surface area contributed by atoms with Crippen LogP contribution in [0.15, 0.2) is 54.1 Å². The van der Waals surface area contributed by atoms with Crippen molar-refractivity contribution in [2.24, 2.45) is 0 Å². The van der Waals surface area contributed by atoms with Gasteiger partial charge in [-0.1, -0.05) is 35.9 Å². The molecular formula is C18H13ClN2O4. The standard InChI is InChI=1S/C18H13ClN2O4/c19-13-3-1-2-12(8-13)10-25-14-6-4-11(5-7-14)9-15-16(22)20-18(24)21-17(15)23/h1-9H,10H2,(H2,20,21,22,23,24). The third-order valence-electron chi connectivity index (χ3n) is 3.43. The van der Waals surface area contributed by atoms with Crippen LogP contribution in [-0.2, 0) is 16.2 Å². The summed E-state index contributed by atoms with van der Waals surface area (Å²) in [6.07, 6.45) is 1.40. The van der Waals surface area contributed by atoms with Crippen molar-refractivity contribution in [1.29, 1.82) is 0 Å². The largest absolute Gasteiger partial charge is 0.489 e. The van der Waals surface area contributed by atoms with Crippen LogP contribution in [0.3, 0.4) is 0 Å². The molecule has 1 fully saturated rings. The van der Waals surface area contributed by atoms with E-state index in [0.717, 1.165) is 5.56 Å². The number of nitrogens with one attached hydrogen (secondary N) is 2. The maximum absolute atomic E-state index is 11.7. The molecular weight excluding hydrogens is 344 g/mol. The molecule has 25 heavy (non-hydrogen) atoms. The van der Waals surface area contributed by atoms with E-state index in [4.69, 9.17) is 16.3 Å². The van der Waals surface area contributed by atoms with Crippen LogP contribution in [0.5, 0.6) is 5.75 Å². The summed E-state index contributed by atoms with van der Waals surface area (Å²) in [5, 5.41) is 4.69. The molecule has 2 aromatic carbocycles. The van der Waals surface area contributed by atoms with Gasteiger partial charge in [-0.3, -0.25) is 20.2 Å². The van der Waals surface area contributed by atoms with Gasteiger partial charge < -0.3 is 4.74 Å². The molecule has 0 unspecified atom stereocenters. The molecule has 0 spiro atoms. The van der Waals surface area contributed by atoms with E-state index in [1.165, 1.54) is 6.08 Å². The maximum atomic E-state index is 11.7. The number of barbiturate groups is 1. The highest BCUT2D eigenvalue weighted by atomic mass is 35.5. The number of hydrogen-bond acceptors (Lipinski definition) is 4. The lowest BCUT2D eigenvalue weighted by molar-refractivity contribution is -0.123. The monoisotopic (exact) mass is 356 g/mol. The van der Waals surface area contributed by atoms with E-state index in [1.807, 2.05) is 28.8 Å². The van der Waals surface area contributed by atoms with E-state index in [-0.39, 0.29) is 5.57 Å². The molecule has 2 aromatic rings. The summed E-state index contributed by atoms with van der Waals surface area (Å²) in [5.74, 6) is -0.820. The van der Waals surface area contributed by atoms with Crippen molar-refractivity contribution in [3.05, 3.63) is 70.3 Å². The summed E-state index contributed by atoms with van der Waals surface area (Å²) >= 11 is 5.92. The predicted molar refractivity (Wildman–Crippen MR) is 91.9 cm³/mol. The van der Waals surface area contributed by atoms with Gasteiger partial charge in [0.15, 0.2) is 0 Å². The molecule has 3 rings (SSSR count). The fourth-order valence-corrected chi connectivity index (χ4v) is 2.44. The van der Waals surface area contributed by atoms with Gasteiger partial charge in [0.2, 0.25) is 0 Å². The van der Waals surface area contributed by atoms with Crippen LogP contribution < -0.4 is 15.4 Å². The molecule has 0 saturated carbocycles. The SMILES string of the molecule is O=C1NC(=O)C(=Cc2ccc(OCc3cccc(Cl)c3)cc2)C(=O)N1. The number of ether oxygens (including phenoxy) is 1. The number of imide groups is 2. The van der Waals surface area contributed by atoms with Crippen molar-refractivity contribution in [2.75, 3.05) is 0 Å². The number of carbonyl (C=O) groups excluding carboxylic acids is 3. The first-order chi connectivity index (χ1) is 12.0. The van der Waals surface area contributed by atoms with Crippen LogP contribution in [0.25, 0.3) is 6.08 Å². The number of carbonyl (C=O) groups is 3. The van der Waals surface area contributed by atoms with Crippen molar-refractivity contribution >= 4 is 35.5 Å². The van der Waals surface area contributed by atoms with Crippen LogP contribution in [-0.4, -0.2) is 17.8 Å². The van der Waals surface area contributed by atoms with Gasteiger partial charge in [0, 0.05) is 5.02 Å². The van der Waals surface area contributed by atoms with Crippen LogP contribution in [0.4, 0.5) is 4.79 Å². The minimum atomic E-state index is -0.822. The van der Waals surface area contributed by atoms with E-state index in [9.17, 15) is 14.4 Å². The fourth-order valence-electron chi connectivity index (χ4n) is 2.23. The van der Waals surface area contributed by atoms with Crippen LogP contribution in [0.1, 0.15) is 11.1 Å². The second-order valence-corrected chi connectivity index (χ2v) is 5.72. The molecule has 126 valence electrons. The zero-order valence-electron chi connectivity index (χ0n) is 12.9. The molecule has 1 aliphatic rings. The van der Waals surface area contributed by atoms with Gasteiger partial charge in [-0.2, -0.15) is 0 Å². The van der Waals surface area contributed by atoms with E-state index < -0.39 is 17.8 Å². The number of urea groups is 1. The Kier molecular flexibility index (Phi) is 4.81. The first-order valence-electron chi connectivity index (χ1n) is 7.37. The molecule has 0 atom stereocenters. The molecule has 7 heteroatoms. The molecule has 0 aromatic heterocycles. The Hall–Kier alpha value is -3.12. The van der Waals surface area contributed by atoms with Gasteiger partial charge in [0.25, 0.3) is 11.8 Å². The molecule has 4 amide bonds. The van der Waals surface area contributed by atoms with Crippen molar-refractivity contribution in [2.45, 2.75) is 6.61 Å². The minimum Gasteiger partial charge on any atom is -0.489 e. The Bertz CT molecular complexity index is 853. The Balaban J connectivity index is 1.68. The van der Waals surface area contributed by atoms with Crippen molar-refractivity contribution in [1.82, 2.24) is 10.6 Å². The lowest BCUT2D eigenvalue weighted by Crippen LogP contribution is -2.51. The number of halogens is 1. The van der Waals surface area contributed by atoms with E-state index in [2.05, 4.69) is 0 Å². The minimum absolute atomic E-state index is 0.132. The smallest absolute Gasteiger partial charge is 0.328 e. The van der Waals surface area contributed by atoms with E-state index >= 15 is 0 Å². The van der Waals surface area contributed by atoms with Crippen LogP contribution in [0.2, 0.25) is 5.02 Å². The van der Waals surface area contributed by atoms with Gasteiger partial charge >= 0.3 is 6.03 Å². The number of rotatable bonds is 4. The number of amides is 4. The Morgan fingerprint density at radius 3 is 2.28 bits per heavy atom. The third-order valence-corrected chi connectivity index (χ3v) is 3.66. The van der Waals surface area contributed by atoms with Gasteiger partial charge in [-0.25, -0.2) is 4.79 Å². The summed E-state index contributed by atoms with van der Waals surface area (Å²) in [4.78, 5) is 34.4. The summed E-state index contributed by atoms with van der Waals surface area (Å²) < 4.78 is 5.67. The molecule has 0 radical (unpaired) electrons. The average molecular weight is 357 g/mol. The van der Waals surface area contributed by atoms with E-state index in [1.54, 1.807) is 30.3 Å². The summed E-state index contributed by atoms with van der Waals surface area (Å²) in [5.41, 5.74) is 1.44. The lowest BCUT2D eigenvalue weighted by Gasteiger charge is -2.14. The number of hydrogen-bond donors (Lipinski definition) is 2. The maximum Gasteiger partial charge on any atom is 0.328 e. The van der Waals surface area contributed by atoms with Crippen LogP contribution in [0, 0.1) is 0 Å². The second kappa shape index (κ2) is 7.19. The Labute approximate surface area is 148 Å². The molecule has 1 saturated heterocycles. The Morgan fingerprint density at radius 1 is 0.960 bits per heavy atom. The van der Waals surface area contributed by atoms with Gasteiger partial charge in [-0.15, -0.1) is 0 Å². The van der Waals surface area contributed by atoms with Gasteiger partial charge in [0.1, 0.15) is 17.9 Å². The predicted octanol–water partition coefficient (Wildman–Crippen LogP) is 2.67.